The summed E-state index contributed by atoms with van der Waals surface area (Å²) in [5.41, 5.74) is 6.71. The van der Waals surface area contributed by atoms with Crippen molar-refractivity contribution in [2.75, 3.05) is 12.3 Å². The van der Waals surface area contributed by atoms with Gasteiger partial charge in [-0.15, -0.1) is 0 Å². The largest absolute Gasteiger partial charge is 0.489 e. The van der Waals surface area contributed by atoms with Crippen molar-refractivity contribution in [1.82, 2.24) is 0 Å². The number of fused-ring (bicyclic) bond motifs is 1. The fraction of sp³-hybridized carbons (Fsp3) is 0.500. The number of hydrogen-bond donors (Lipinski definition) is 1. The summed E-state index contributed by atoms with van der Waals surface area (Å²) >= 11 is 0. The van der Waals surface area contributed by atoms with Gasteiger partial charge >= 0.3 is 0 Å². The molecule has 1 aliphatic heterocycles. The predicted octanol–water partition coefficient (Wildman–Crippen LogP) is 1.09. The van der Waals surface area contributed by atoms with Gasteiger partial charge in [-0.05, 0) is 18.6 Å². The van der Waals surface area contributed by atoms with Crippen LogP contribution in [-0.2, 0) is 17.2 Å². The molecular formula is C12H17NO2S. The molecule has 1 aromatic rings. The van der Waals surface area contributed by atoms with Gasteiger partial charge in [0.2, 0.25) is 0 Å². The number of ether oxygens (including phenoxy) is 1. The second-order valence-electron chi connectivity index (χ2n) is 4.15. The van der Waals surface area contributed by atoms with E-state index in [2.05, 4.69) is 6.07 Å². The van der Waals surface area contributed by atoms with E-state index in [9.17, 15) is 4.21 Å². The molecule has 2 N–H and O–H groups in total. The molecule has 3 unspecified atom stereocenters. The Labute approximate surface area is 98.4 Å². The van der Waals surface area contributed by atoms with Crippen LogP contribution in [0.15, 0.2) is 24.3 Å². The normalized spacial score (nSPS) is 22.2. The van der Waals surface area contributed by atoms with Gasteiger partial charge in [0.25, 0.3) is 0 Å². The Hall–Kier alpha value is -0.870. The van der Waals surface area contributed by atoms with E-state index in [1.54, 1.807) is 0 Å². The molecule has 2 rings (SSSR count). The van der Waals surface area contributed by atoms with Crippen molar-refractivity contribution in [1.29, 1.82) is 0 Å². The topological polar surface area (TPSA) is 52.3 Å². The molecule has 1 heterocycles. The fourth-order valence-electron chi connectivity index (χ4n) is 1.80. The number of para-hydroxylation sites is 1. The molecule has 0 fully saturated rings. The van der Waals surface area contributed by atoms with Crippen molar-refractivity contribution in [3.8, 4) is 5.75 Å². The smallest absolute Gasteiger partial charge is 0.123 e. The zero-order valence-corrected chi connectivity index (χ0v) is 10.2. The summed E-state index contributed by atoms with van der Waals surface area (Å²) in [4.78, 5) is 0. The maximum Gasteiger partial charge on any atom is 0.123 e. The van der Waals surface area contributed by atoms with Crippen molar-refractivity contribution in [3.63, 3.8) is 0 Å². The number of benzene rings is 1. The fourth-order valence-corrected chi connectivity index (χ4v) is 2.90. The van der Waals surface area contributed by atoms with E-state index in [1.165, 1.54) is 5.56 Å². The highest BCUT2D eigenvalue weighted by Gasteiger charge is 2.25. The Morgan fingerprint density at radius 3 is 3.00 bits per heavy atom. The summed E-state index contributed by atoms with van der Waals surface area (Å²) in [6, 6.07) is 7.99. The Bertz CT molecular complexity index is 369. The van der Waals surface area contributed by atoms with Crippen LogP contribution < -0.4 is 10.5 Å². The molecule has 3 nitrogen and oxygen atoms in total. The molecule has 0 saturated carbocycles. The average molecular weight is 239 g/mol. The Balaban J connectivity index is 1.95. The lowest BCUT2D eigenvalue weighted by molar-refractivity contribution is 0.258. The molecule has 1 aromatic carbocycles. The van der Waals surface area contributed by atoms with Gasteiger partial charge < -0.3 is 10.5 Å². The summed E-state index contributed by atoms with van der Waals surface area (Å²) in [7, 11) is -0.893. The lowest BCUT2D eigenvalue weighted by atomic mass is 10.1. The zero-order chi connectivity index (χ0) is 11.5. The van der Waals surface area contributed by atoms with Crippen LogP contribution in [0, 0.1) is 0 Å². The van der Waals surface area contributed by atoms with Crippen molar-refractivity contribution in [3.05, 3.63) is 29.8 Å². The summed E-state index contributed by atoms with van der Waals surface area (Å²) in [5.74, 6) is 1.51. The standard InChI is InChI=1S/C12H17NO2S/c1-9(7-13)16(14)8-11-6-10-4-2-3-5-12(10)15-11/h2-5,9,11H,6-8,13H2,1H3. The number of rotatable bonds is 4. The molecule has 0 radical (unpaired) electrons. The second-order valence-corrected chi connectivity index (χ2v) is 6.04. The summed E-state index contributed by atoms with van der Waals surface area (Å²) < 4.78 is 17.6. The van der Waals surface area contributed by atoms with Crippen molar-refractivity contribution in [2.24, 2.45) is 5.73 Å². The van der Waals surface area contributed by atoms with Gasteiger partial charge in [-0.25, -0.2) is 0 Å². The second kappa shape index (κ2) is 4.97. The Morgan fingerprint density at radius 2 is 2.31 bits per heavy atom. The molecule has 4 heteroatoms. The minimum atomic E-state index is -0.893. The molecular weight excluding hydrogens is 222 g/mol. The first-order valence-corrected chi connectivity index (χ1v) is 6.90. The van der Waals surface area contributed by atoms with Crippen LogP contribution in [-0.4, -0.2) is 27.9 Å². The summed E-state index contributed by atoms with van der Waals surface area (Å²) in [5, 5.41) is 0.0484. The van der Waals surface area contributed by atoms with Crippen molar-refractivity contribution in [2.45, 2.75) is 24.7 Å². The number of nitrogens with two attached hydrogens (primary N) is 1. The van der Waals surface area contributed by atoms with E-state index in [4.69, 9.17) is 10.5 Å². The third-order valence-corrected chi connectivity index (χ3v) is 4.64. The Morgan fingerprint density at radius 1 is 1.56 bits per heavy atom. The maximum absolute atomic E-state index is 11.8. The monoisotopic (exact) mass is 239 g/mol. The third kappa shape index (κ3) is 2.44. The molecule has 0 saturated heterocycles. The summed E-state index contributed by atoms with van der Waals surface area (Å²) in [6.45, 7) is 2.38. The van der Waals surface area contributed by atoms with Gasteiger partial charge in [-0.2, -0.15) is 0 Å². The summed E-state index contributed by atoms with van der Waals surface area (Å²) in [6.07, 6.45) is 0.909. The van der Waals surface area contributed by atoms with Gasteiger partial charge in [0, 0.05) is 29.0 Å². The molecule has 16 heavy (non-hydrogen) atoms. The van der Waals surface area contributed by atoms with Gasteiger partial charge in [0.05, 0.1) is 5.75 Å². The predicted molar refractivity (Wildman–Crippen MR) is 66.1 cm³/mol. The zero-order valence-electron chi connectivity index (χ0n) is 9.39. The van der Waals surface area contributed by atoms with E-state index in [0.717, 1.165) is 12.2 Å². The molecule has 0 aliphatic carbocycles. The van der Waals surface area contributed by atoms with E-state index in [0.29, 0.717) is 12.3 Å². The lowest BCUT2D eigenvalue weighted by Crippen LogP contribution is -2.30. The van der Waals surface area contributed by atoms with E-state index >= 15 is 0 Å². The first-order chi connectivity index (χ1) is 7.70. The molecule has 0 aromatic heterocycles. The third-order valence-electron chi connectivity index (χ3n) is 2.84. The van der Waals surface area contributed by atoms with Crippen LogP contribution in [0.25, 0.3) is 0 Å². The highest BCUT2D eigenvalue weighted by atomic mass is 32.2. The van der Waals surface area contributed by atoms with Crippen LogP contribution in [0.3, 0.4) is 0 Å². The van der Waals surface area contributed by atoms with Gasteiger partial charge in [-0.1, -0.05) is 18.2 Å². The van der Waals surface area contributed by atoms with Crippen LogP contribution in [0.1, 0.15) is 12.5 Å². The van der Waals surface area contributed by atoms with E-state index in [-0.39, 0.29) is 11.4 Å². The van der Waals surface area contributed by atoms with Gasteiger partial charge in [-0.3, -0.25) is 4.21 Å². The highest BCUT2D eigenvalue weighted by Crippen LogP contribution is 2.28. The maximum atomic E-state index is 11.8. The van der Waals surface area contributed by atoms with Crippen LogP contribution in [0.2, 0.25) is 0 Å². The van der Waals surface area contributed by atoms with Crippen LogP contribution in [0.5, 0.6) is 5.75 Å². The number of hydrogen-bond acceptors (Lipinski definition) is 3. The molecule has 0 spiro atoms. The average Bonchev–Trinajstić information content (AvgIpc) is 2.69. The van der Waals surface area contributed by atoms with Crippen molar-refractivity contribution >= 4 is 10.8 Å². The minimum Gasteiger partial charge on any atom is -0.489 e. The van der Waals surface area contributed by atoms with Crippen LogP contribution >= 0.6 is 0 Å². The van der Waals surface area contributed by atoms with Crippen molar-refractivity contribution < 1.29 is 8.95 Å². The minimum absolute atomic E-state index is 0.0484. The molecule has 3 atom stereocenters. The van der Waals surface area contributed by atoms with Gasteiger partial charge in [0.15, 0.2) is 0 Å². The van der Waals surface area contributed by atoms with Crippen LogP contribution in [0.4, 0.5) is 0 Å². The quantitative estimate of drug-likeness (QED) is 0.855. The Kier molecular flexibility index (Phi) is 3.61. The highest BCUT2D eigenvalue weighted by molar-refractivity contribution is 7.85. The van der Waals surface area contributed by atoms with Gasteiger partial charge in [0.1, 0.15) is 11.9 Å². The molecule has 88 valence electrons. The molecule has 0 amide bonds. The molecule has 1 aliphatic rings. The SMILES string of the molecule is CC(CN)S(=O)CC1Cc2ccccc2O1. The van der Waals surface area contributed by atoms with E-state index in [1.807, 2.05) is 25.1 Å². The first-order valence-electron chi connectivity index (χ1n) is 5.52. The van der Waals surface area contributed by atoms with E-state index < -0.39 is 10.8 Å². The molecule has 0 bridgehead atoms. The lowest BCUT2D eigenvalue weighted by Gasteiger charge is -2.13. The first kappa shape index (κ1) is 11.6.